The second-order valence-electron chi connectivity index (χ2n) is 6.27. The number of halogens is 1. The number of hydrogen-bond acceptors (Lipinski definition) is 5. The van der Waals surface area contributed by atoms with E-state index >= 15 is 0 Å². The van der Waals surface area contributed by atoms with Crippen molar-refractivity contribution in [3.8, 4) is 5.75 Å². The number of hydrogen-bond donors (Lipinski definition) is 1. The first-order valence-corrected chi connectivity index (χ1v) is 9.04. The van der Waals surface area contributed by atoms with E-state index in [1.807, 2.05) is 12.3 Å². The Balaban J connectivity index is 1.75. The van der Waals surface area contributed by atoms with E-state index in [2.05, 4.69) is 10.3 Å². The molecular weight excluding hydrogens is 362 g/mol. The van der Waals surface area contributed by atoms with Crippen LogP contribution in [0, 0.1) is 6.92 Å². The smallest absolute Gasteiger partial charge is 0.270 e. The highest BCUT2D eigenvalue weighted by molar-refractivity contribution is 7.13. The topological polar surface area (TPSA) is 71.5 Å². The molecule has 1 aromatic carbocycles. The van der Waals surface area contributed by atoms with Crippen LogP contribution in [0.3, 0.4) is 0 Å². The monoisotopic (exact) mass is 379 g/mol. The number of rotatable bonds is 4. The molecule has 0 saturated heterocycles. The van der Waals surface area contributed by atoms with Crippen molar-refractivity contribution in [1.82, 2.24) is 4.98 Å². The van der Waals surface area contributed by atoms with Crippen molar-refractivity contribution in [2.24, 2.45) is 0 Å². The number of nitrogens with one attached hydrogen (secondary N) is 1. The van der Waals surface area contributed by atoms with Gasteiger partial charge in [0.2, 0.25) is 5.91 Å². The van der Waals surface area contributed by atoms with Crippen molar-refractivity contribution in [2.75, 3.05) is 16.8 Å². The van der Waals surface area contributed by atoms with Crippen LogP contribution >= 0.6 is 22.9 Å². The van der Waals surface area contributed by atoms with Crippen LogP contribution in [-0.4, -0.2) is 28.9 Å². The van der Waals surface area contributed by atoms with Crippen LogP contribution in [0.15, 0.2) is 23.6 Å². The van der Waals surface area contributed by atoms with Gasteiger partial charge in [0.25, 0.3) is 5.91 Å². The summed E-state index contributed by atoms with van der Waals surface area (Å²) in [5, 5.41) is 5.67. The Kier molecular flexibility index (Phi) is 4.71. The number of thiazole rings is 1. The lowest BCUT2D eigenvalue weighted by Gasteiger charge is -2.38. The summed E-state index contributed by atoms with van der Waals surface area (Å²) in [5.41, 5.74) is 0.438. The second kappa shape index (κ2) is 6.65. The van der Waals surface area contributed by atoms with Gasteiger partial charge in [0.1, 0.15) is 5.75 Å². The molecule has 0 bridgehead atoms. The minimum atomic E-state index is -0.996. The Morgan fingerprint density at radius 3 is 2.88 bits per heavy atom. The van der Waals surface area contributed by atoms with Crippen molar-refractivity contribution in [3.05, 3.63) is 34.3 Å². The number of carbonyl (C=O) groups excluding carboxylic acids is 2. The van der Waals surface area contributed by atoms with Gasteiger partial charge in [-0.1, -0.05) is 11.6 Å². The molecular formula is C17H18ClN3O3S. The molecule has 0 saturated carbocycles. The van der Waals surface area contributed by atoms with E-state index in [1.54, 1.807) is 36.9 Å². The minimum absolute atomic E-state index is 0.145. The molecule has 1 aliphatic rings. The van der Waals surface area contributed by atoms with Crippen LogP contribution in [-0.2, 0) is 9.59 Å². The Morgan fingerprint density at radius 2 is 2.20 bits per heavy atom. The Morgan fingerprint density at radius 1 is 1.44 bits per heavy atom. The molecule has 2 heterocycles. The molecule has 1 aromatic heterocycles. The highest BCUT2D eigenvalue weighted by Crippen LogP contribution is 2.39. The summed E-state index contributed by atoms with van der Waals surface area (Å²) in [7, 11) is 0. The van der Waals surface area contributed by atoms with Gasteiger partial charge in [0, 0.05) is 23.4 Å². The van der Waals surface area contributed by atoms with Crippen LogP contribution in [0.25, 0.3) is 0 Å². The number of nitrogens with zero attached hydrogens (tertiary/aromatic N) is 2. The molecule has 6 nitrogen and oxygen atoms in total. The maximum atomic E-state index is 12.7. The van der Waals surface area contributed by atoms with Crippen LogP contribution < -0.4 is 15.0 Å². The van der Waals surface area contributed by atoms with E-state index in [0.29, 0.717) is 21.6 Å². The van der Waals surface area contributed by atoms with E-state index in [9.17, 15) is 9.59 Å². The maximum Gasteiger partial charge on any atom is 0.270 e. The fourth-order valence-corrected chi connectivity index (χ4v) is 3.44. The molecule has 8 heteroatoms. The van der Waals surface area contributed by atoms with Crippen LogP contribution in [0.5, 0.6) is 5.75 Å². The average molecular weight is 380 g/mol. The largest absolute Gasteiger partial charge is 0.476 e. The molecule has 132 valence electrons. The van der Waals surface area contributed by atoms with Gasteiger partial charge in [-0.2, -0.15) is 0 Å². The lowest BCUT2D eigenvalue weighted by Crippen LogP contribution is -2.53. The summed E-state index contributed by atoms with van der Waals surface area (Å²) in [5.74, 6) is 0.167. The summed E-state index contributed by atoms with van der Waals surface area (Å²) in [6.07, 6.45) is 0.145. The molecule has 3 rings (SSSR count). The molecule has 0 spiro atoms. The fourth-order valence-electron chi connectivity index (χ4n) is 2.57. The SMILES string of the molecule is Cc1csc(NC(=O)CCN2C(=O)C(C)(C)Oc3ccc(Cl)cc32)n1. The van der Waals surface area contributed by atoms with Crippen LogP contribution in [0.2, 0.25) is 5.02 Å². The summed E-state index contributed by atoms with van der Waals surface area (Å²) in [6.45, 7) is 5.51. The quantitative estimate of drug-likeness (QED) is 0.880. The highest BCUT2D eigenvalue weighted by atomic mass is 35.5. The lowest BCUT2D eigenvalue weighted by atomic mass is 10.0. The van der Waals surface area contributed by atoms with E-state index in [4.69, 9.17) is 16.3 Å². The first-order valence-electron chi connectivity index (χ1n) is 7.79. The van der Waals surface area contributed by atoms with Gasteiger partial charge in [-0.25, -0.2) is 4.98 Å². The van der Waals surface area contributed by atoms with E-state index in [0.717, 1.165) is 5.69 Å². The van der Waals surface area contributed by atoms with E-state index in [-0.39, 0.29) is 24.8 Å². The van der Waals surface area contributed by atoms with Crippen molar-refractivity contribution >= 4 is 45.6 Å². The van der Waals surface area contributed by atoms with Gasteiger partial charge in [0.15, 0.2) is 10.7 Å². The van der Waals surface area contributed by atoms with E-state index in [1.165, 1.54) is 11.3 Å². The van der Waals surface area contributed by atoms with Crippen LogP contribution in [0.4, 0.5) is 10.8 Å². The Hall–Kier alpha value is -2.12. The number of aryl methyl sites for hydroxylation is 1. The summed E-state index contributed by atoms with van der Waals surface area (Å²) >= 11 is 7.42. The number of anilines is 2. The van der Waals surface area contributed by atoms with Gasteiger partial charge in [-0.15, -0.1) is 11.3 Å². The van der Waals surface area contributed by atoms with Crippen molar-refractivity contribution in [3.63, 3.8) is 0 Å². The third kappa shape index (κ3) is 3.77. The van der Waals surface area contributed by atoms with Gasteiger partial charge < -0.3 is 15.0 Å². The third-order valence-corrected chi connectivity index (χ3v) is 4.88. The fraction of sp³-hybridized carbons (Fsp3) is 0.353. The first-order chi connectivity index (χ1) is 11.8. The van der Waals surface area contributed by atoms with Crippen molar-refractivity contribution in [2.45, 2.75) is 32.8 Å². The zero-order valence-corrected chi connectivity index (χ0v) is 15.7. The lowest BCUT2D eigenvalue weighted by molar-refractivity contribution is -0.132. The predicted molar refractivity (Wildman–Crippen MR) is 98.6 cm³/mol. The maximum absolute atomic E-state index is 12.7. The molecule has 0 aliphatic carbocycles. The Bertz CT molecular complexity index is 834. The Labute approximate surface area is 154 Å². The minimum Gasteiger partial charge on any atom is -0.476 e. The van der Waals surface area contributed by atoms with Crippen LogP contribution in [0.1, 0.15) is 26.0 Å². The van der Waals surface area contributed by atoms with E-state index < -0.39 is 5.60 Å². The molecule has 0 radical (unpaired) electrons. The second-order valence-corrected chi connectivity index (χ2v) is 7.57. The molecule has 2 amide bonds. The summed E-state index contributed by atoms with van der Waals surface area (Å²) in [6, 6.07) is 5.12. The number of amides is 2. The number of fused-ring (bicyclic) bond motifs is 1. The number of benzene rings is 1. The molecule has 1 N–H and O–H groups in total. The van der Waals surface area contributed by atoms with Crippen molar-refractivity contribution in [1.29, 1.82) is 0 Å². The first kappa shape index (κ1) is 17.7. The number of carbonyl (C=O) groups is 2. The number of aromatic nitrogens is 1. The zero-order valence-electron chi connectivity index (χ0n) is 14.1. The van der Waals surface area contributed by atoms with Gasteiger partial charge in [0.05, 0.1) is 11.4 Å². The summed E-state index contributed by atoms with van der Waals surface area (Å²) in [4.78, 5) is 30.6. The zero-order chi connectivity index (χ0) is 18.2. The summed E-state index contributed by atoms with van der Waals surface area (Å²) < 4.78 is 5.76. The molecule has 1 aliphatic heterocycles. The molecule has 0 fully saturated rings. The molecule has 2 aromatic rings. The van der Waals surface area contributed by atoms with Gasteiger partial charge >= 0.3 is 0 Å². The molecule has 0 unspecified atom stereocenters. The molecule has 0 atom stereocenters. The van der Waals surface area contributed by atoms with Crippen molar-refractivity contribution < 1.29 is 14.3 Å². The predicted octanol–water partition coefficient (Wildman–Crippen LogP) is 3.64. The van der Waals surface area contributed by atoms with Gasteiger partial charge in [-0.3, -0.25) is 9.59 Å². The standard InChI is InChI=1S/C17H18ClN3O3S/c1-10-9-25-16(19-10)20-14(22)6-7-21-12-8-11(18)4-5-13(12)24-17(2,3)15(21)23/h4-5,8-9H,6-7H2,1-3H3,(H,19,20,22). The highest BCUT2D eigenvalue weighted by Gasteiger charge is 2.40. The third-order valence-electron chi connectivity index (χ3n) is 3.76. The van der Waals surface area contributed by atoms with Gasteiger partial charge in [-0.05, 0) is 39.0 Å². The molecule has 25 heavy (non-hydrogen) atoms. The average Bonchev–Trinajstić information content (AvgIpc) is 2.93. The normalized spacial score (nSPS) is 15.5. The number of ether oxygens (including phenoxy) is 1.